The Bertz CT molecular complexity index is 762. The summed E-state index contributed by atoms with van der Waals surface area (Å²) < 4.78 is 33.2. The summed E-state index contributed by atoms with van der Waals surface area (Å²) in [6.07, 6.45) is 0. The zero-order chi connectivity index (χ0) is 20.8. The predicted molar refractivity (Wildman–Crippen MR) is 116 cm³/mol. The molecule has 0 aromatic heterocycles. The summed E-state index contributed by atoms with van der Waals surface area (Å²) in [6, 6.07) is 8.89. The summed E-state index contributed by atoms with van der Waals surface area (Å²) in [5, 5.41) is 8.82. The van der Waals surface area contributed by atoms with Crippen molar-refractivity contribution >= 4 is 40.2 Å². The van der Waals surface area contributed by atoms with Gasteiger partial charge in [-0.15, -0.1) is 0 Å². The Balaban J connectivity index is 0.000000309. The van der Waals surface area contributed by atoms with Crippen LogP contribution in [0.25, 0.3) is 0 Å². The van der Waals surface area contributed by atoms with Crippen LogP contribution in [0.2, 0.25) is 18.1 Å². The molecule has 2 aromatic carbocycles. The van der Waals surface area contributed by atoms with E-state index in [2.05, 4.69) is 65.7 Å². The largest absolute Gasteiger partial charge is 0.413 e. The van der Waals surface area contributed by atoms with Gasteiger partial charge in [-0.1, -0.05) is 52.6 Å². The zero-order valence-electron chi connectivity index (χ0n) is 16.2. The van der Waals surface area contributed by atoms with Crippen LogP contribution in [0.4, 0.5) is 8.78 Å². The fourth-order valence-electron chi connectivity index (χ4n) is 1.79. The van der Waals surface area contributed by atoms with Crippen LogP contribution in [0.1, 0.15) is 31.9 Å². The van der Waals surface area contributed by atoms with Crippen molar-refractivity contribution in [3.8, 4) is 0 Å². The van der Waals surface area contributed by atoms with E-state index in [1.807, 2.05) is 0 Å². The Morgan fingerprint density at radius 3 is 1.78 bits per heavy atom. The molecule has 0 saturated carbocycles. The van der Waals surface area contributed by atoms with E-state index in [1.165, 1.54) is 24.3 Å². The monoisotopic (exact) mass is 522 g/mol. The van der Waals surface area contributed by atoms with E-state index >= 15 is 0 Å². The minimum Gasteiger partial charge on any atom is -0.413 e. The van der Waals surface area contributed by atoms with Gasteiger partial charge in [0, 0.05) is 8.95 Å². The topological polar surface area (TPSA) is 29.5 Å². The fraction of sp³-hybridized carbons (Fsp3) is 0.400. The first-order chi connectivity index (χ1) is 12.4. The number of benzene rings is 2. The first kappa shape index (κ1) is 24.4. The van der Waals surface area contributed by atoms with Crippen LogP contribution < -0.4 is 0 Å². The minimum atomic E-state index is -1.77. The van der Waals surface area contributed by atoms with E-state index in [0.29, 0.717) is 12.2 Å². The fourth-order valence-corrected chi connectivity index (χ4v) is 3.48. The smallest absolute Gasteiger partial charge is 0.192 e. The molecule has 0 spiro atoms. The number of hydrogen-bond donors (Lipinski definition) is 1. The lowest BCUT2D eigenvalue weighted by Gasteiger charge is -2.36. The maximum absolute atomic E-state index is 13.1. The summed E-state index contributed by atoms with van der Waals surface area (Å²) in [4.78, 5) is 0. The Morgan fingerprint density at radius 1 is 0.926 bits per heavy atom. The molecule has 0 aliphatic heterocycles. The molecule has 0 radical (unpaired) electrons. The molecule has 7 heteroatoms. The molecule has 2 nitrogen and oxygen atoms in total. The molecule has 0 unspecified atom stereocenters. The maximum Gasteiger partial charge on any atom is 0.192 e. The third-order valence-corrected chi connectivity index (χ3v) is 10.6. The first-order valence-corrected chi connectivity index (χ1v) is 13.0. The highest BCUT2D eigenvalue weighted by molar-refractivity contribution is 9.10. The second-order valence-electron chi connectivity index (χ2n) is 7.68. The van der Waals surface area contributed by atoms with Crippen molar-refractivity contribution in [2.45, 2.75) is 52.1 Å². The Hall–Kier alpha value is -0.603. The Morgan fingerprint density at radius 2 is 1.37 bits per heavy atom. The van der Waals surface area contributed by atoms with Crippen molar-refractivity contribution in [1.29, 1.82) is 0 Å². The van der Waals surface area contributed by atoms with Gasteiger partial charge in [0.05, 0.1) is 13.2 Å². The van der Waals surface area contributed by atoms with E-state index in [0.717, 1.165) is 14.5 Å². The number of aliphatic hydroxyl groups is 1. The summed E-state index contributed by atoms with van der Waals surface area (Å²) in [5.41, 5.74) is 1.44. The maximum atomic E-state index is 13.1. The van der Waals surface area contributed by atoms with Crippen molar-refractivity contribution in [2.24, 2.45) is 0 Å². The van der Waals surface area contributed by atoms with E-state index in [1.54, 1.807) is 12.1 Å². The molecule has 0 aliphatic rings. The molecule has 0 bridgehead atoms. The molecular formula is C20H26Br2F2O2Si. The second-order valence-corrected chi connectivity index (χ2v) is 14.2. The normalized spacial score (nSPS) is 11.8. The second kappa shape index (κ2) is 10.3. The van der Waals surface area contributed by atoms with Crippen molar-refractivity contribution in [3.05, 3.63) is 68.1 Å². The highest BCUT2D eigenvalue weighted by Crippen LogP contribution is 2.37. The number of halogens is 4. The highest BCUT2D eigenvalue weighted by atomic mass is 79.9. The van der Waals surface area contributed by atoms with Crippen LogP contribution in [0.15, 0.2) is 45.3 Å². The van der Waals surface area contributed by atoms with Gasteiger partial charge in [-0.2, -0.15) is 0 Å². The zero-order valence-corrected chi connectivity index (χ0v) is 20.4. The van der Waals surface area contributed by atoms with Crippen LogP contribution in [0.5, 0.6) is 0 Å². The summed E-state index contributed by atoms with van der Waals surface area (Å²) >= 11 is 6.58. The van der Waals surface area contributed by atoms with E-state index < -0.39 is 8.32 Å². The first-order valence-electron chi connectivity index (χ1n) is 8.50. The molecule has 0 fully saturated rings. The Kier molecular flexibility index (Phi) is 9.28. The average Bonchev–Trinajstić information content (AvgIpc) is 2.57. The number of hydrogen-bond acceptors (Lipinski definition) is 2. The van der Waals surface area contributed by atoms with Gasteiger partial charge in [0.15, 0.2) is 8.32 Å². The van der Waals surface area contributed by atoms with Gasteiger partial charge in [-0.3, -0.25) is 0 Å². The molecule has 0 atom stereocenters. The van der Waals surface area contributed by atoms with Crippen molar-refractivity contribution < 1.29 is 18.3 Å². The molecule has 2 aromatic rings. The van der Waals surface area contributed by atoms with E-state index in [-0.39, 0.29) is 23.3 Å². The number of rotatable bonds is 4. The number of aliphatic hydroxyl groups excluding tert-OH is 1. The van der Waals surface area contributed by atoms with Gasteiger partial charge < -0.3 is 9.53 Å². The standard InChI is InChI=1S/C13H20BrFOSi.C7H6BrFO/c1-13(2,3)17(4,5)16-9-10-8-11(15)6-7-12(10)14;8-7-2-1-6(9)3-5(7)4-10/h6-8H,9H2,1-5H3;1-3,10H,4H2. The lowest BCUT2D eigenvalue weighted by Crippen LogP contribution is -2.40. The van der Waals surface area contributed by atoms with Crippen LogP contribution in [0, 0.1) is 11.6 Å². The molecule has 0 saturated heterocycles. The molecule has 27 heavy (non-hydrogen) atoms. The quantitative estimate of drug-likeness (QED) is 0.429. The summed E-state index contributed by atoms with van der Waals surface area (Å²) in [5.74, 6) is -0.547. The Labute approximate surface area is 178 Å². The third-order valence-electron chi connectivity index (χ3n) is 4.58. The van der Waals surface area contributed by atoms with E-state index in [4.69, 9.17) is 9.53 Å². The third kappa shape index (κ3) is 7.73. The van der Waals surface area contributed by atoms with Gasteiger partial charge in [0.1, 0.15) is 11.6 Å². The lowest BCUT2D eigenvalue weighted by atomic mass is 10.2. The minimum absolute atomic E-state index is 0.141. The molecule has 0 amide bonds. The SMILES string of the molecule is CC(C)(C)[Si](C)(C)OCc1cc(F)ccc1Br.OCc1cc(F)ccc1Br. The van der Waals surface area contributed by atoms with Gasteiger partial charge in [-0.05, 0) is 65.7 Å². The van der Waals surface area contributed by atoms with Crippen LogP contribution >= 0.6 is 31.9 Å². The summed E-state index contributed by atoms with van der Waals surface area (Å²) in [6.45, 7) is 11.3. The lowest BCUT2D eigenvalue weighted by molar-refractivity contribution is 0.275. The van der Waals surface area contributed by atoms with Crippen LogP contribution in [-0.4, -0.2) is 13.4 Å². The van der Waals surface area contributed by atoms with Gasteiger partial charge in [-0.25, -0.2) is 8.78 Å². The highest BCUT2D eigenvalue weighted by Gasteiger charge is 2.37. The molecule has 0 heterocycles. The average molecular weight is 524 g/mol. The van der Waals surface area contributed by atoms with Crippen molar-refractivity contribution in [3.63, 3.8) is 0 Å². The van der Waals surface area contributed by atoms with Crippen LogP contribution in [-0.2, 0) is 17.6 Å². The summed E-state index contributed by atoms with van der Waals surface area (Å²) in [7, 11) is -1.77. The van der Waals surface area contributed by atoms with Crippen molar-refractivity contribution in [1.82, 2.24) is 0 Å². The molecule has 150 valence electrons. The van der Waals surface area contributed by atoms with E-state index in [9.17, 15) is 8.78 Å². The molecule has 1 N–H and O–H groups in total. The molecule has 0 aliphatic carbocycles. The van der Waals surface area contributed by atoms with Gasteiger partial charge >= 0.3 is 0 Å². The molecular weight excluding hydrogens is 498 g/mol. The molecule has 2 rings (SSSR count). The van der Waals surface area contributed by atoms with Crippen LogP contribution in [0.3, 0.4) is 0 Å². The predicted octanol–water partition coefficient (Wildman–Crippen LogP) is 7.19. The van der Waals surface area contributed by atoms with Gasteiger partial charge in [0.25, 0.3) is 0 Å². The van der Waals surface area contributed by atoms with Gasteiger partial charge in [0.2, 0.25) is 0 Å². The van der Waals surface area contributed by atoms with Crippen molar-refractivity contribution in [2.75, 3.05) is 0 Å².